The van der Waals surface area contributed by atoms with Crippen LogP contribution in [0.25, 0.3) is 0 Å². The van der Waals surface area contributed by atoms with E-state index >= 15 is 0 Å². The molecular weight excluding hydrogens is 288 g/mol. The molecule has 0 unspecified atom stereocenters. The summed E-state index contributed by atoms with van der Waals surface area (Å²) in [6.45, 7) is 7.08. The Balaban J connectivity index is 1.98. The lowest BCUT2D eigenvalue weighted by Crippen LogP contribution is -2.33. The predicted molar refractivity (Wildman–Crippen MR) is 95.2 cm³/mol. The van der Waals surface area contributed by atoms with Crippen LogP contribution in [0.1, 0.15) is 20.8 Å². The minimum absolute atomic E-state index is 0.0441. The Labute approximate surface area is 138 Å². The van der Waals surface area contributed by atoms with Crippen LogP contribution in [-0.2, 0) is 4.79 Å². The number of hydrogen-bond donors (Lipinski definition) is 1. The summed E-state index contributed by atoms with van der Waals surface area (Å²) >= 11 is 0. The lowest BCUT2D eigenvalue weighted by atomic mass is 10.2. The van der Waals surface area contributed by atoms with E-state index < -0.39 is 0 Å². The predicted octanol–water partition coefficient (Wildman–Crippen LogP) is 3.94. The standard InChI is InChI=1S/C19H24N2O2/c1-4-21(17-10-6-5-7-11-17)14-19(22)20-16-9-8-12-18(13-16)23-15(2)3/h5-13,15H,4,14H2,1-3H3,(H,20,22). The Morgan fingerprint density at radius 3 is 2.52 bits per heavy atom. The fourth-order valence-electron chi connectivity index (χ4n) is 2.32. The summed E-state index contributed by atoms with van der Waals surface area (Å²) in [7, 11) is 0. The number of nitrogens with one attached hydrogen (secondary N) is 1. The van der Waals surface area contributed by atoms with Crippen molar-refractivity contribution in [2.24, 2.45) is 0 Å². The van der Waals surface area contributed by atoms with E-state index in [0.717, 1.165) is 23.7 Å². The van der Waals surface area contributed by atoms with Crippen LogP contribution < -0.4 is 15.0 Å². The van der Waals surface area contributed by atoms with Gasteiger partial charge in [-0.15, -0.1) is 0 Å². The molecule has 1 amide bonds. The second-order valence-corrected chi connectivity index (χ2v) is 5.59. The summed E-state index contributed by atoms with van der Waals surface area (Å²) in [4.78, 5) is 14.3. The smallest absolute Gasteiger partial charge is 0.243 e. The fourth-order valence-corrected chi connectivity index (χ4v) is 2.32. The van der Waals surface area contributed by atoms with E-state index in [9.17, 15) is 4.79 Å². The molecule has 0 aromatic heterocycles. The minimum Gasteiger partial charge on any atom is -0.491 e. The first-order valence-corrected chi connectivity index (χ1v) is 7.95. The van der Waals surface area contributed by atoms with Crippen molar-refractivity contribution in [2.45, 2.75) is 26.9 Å². The molecular formula is C19H24N2O2. The molecule has 2 aromatic carbocycles. The summed E-state index contributed by atoms with van der Waals surface area (Å²) in [6, 6.07) is 17.4. The number of likely N-dealkylation sites (N-methyl/N-ethyl adjacent to an activating group) is 1. The van der Waals surface area contributed by atoms with E-state index in [1.807, 2.05) is 80.3 Å². The van der Waals surface area contributed by atoms with Gasteiger partial charge in [-0.05, 0) is 45.0 Å². The van der Waals surface area contributed by atoms with Gasteiger partial charge < -0.3 is 15.0 Å². The number of carbonyl (C=O) groups excluding carboxylic acids is 1. The first-order chi connectivity index (χ1) is 11.1. The van der Waals surface area contributed by atoms with Crippen molar-refractivity contribution in [3.8, 4) is 5.75 Å². The zero-order chi connectivity index (χ0) is 16.7. The normalized spacial score (nSPS) is 10.4. The largest absolute Gasteiger partial charge is 0.491 e. The molecule has 0 aliphatic carbocycles. The molecule has 0 fully saturated rings. The number of amides is 1. The van der Waals surface area contributed by atoms with Gasteiger partial charge in [-0.1, -0.05) is 24.3 Å². The number of benzene rings is 2. The van der Waals surface area contributed by atoms with Crippen LogP contribution in [0.2, 0.25) is 0 Å². The number of rotatable bonds is 7. The first kappa shape index (κ1) is 16.9. The second kappa shape index (κ2) is 8.22. The maximum Gasteiger partial charge on any atom is 0.243 e. The zero-order valence-corrected chi connectivity index (χ0v) is 14.0. The molecule has 0 spiro atoms. The van der Waals surface area contributed by atoms with Crippen molar-refractivity contribution >= 4 is 17.3 Å². The van der Waals surface area contributed by atoms with E-state index in [2.05, 4.69) is 5.32 Å². The molecule has 0 aliphatic rings. The molecule has 2 rings (SSSR count). The van der Waals surface area contributed by atoms with Crippen molar-refractivity contribution in [1.82, 2.24) is 0 Å². The molecule has 122 valence electrons. The van der Waals surface area contributed by atoms with Crippen LogP contribution >= 0.6 is 0 Å². The van der Waals surface area contributed by atoms with Gasteiger partial charge in [-0.3, -0.25) is 4.79 Å². The molecule has 4 nitrogen and oxygen atoms in total. The fraction of sp³-hybridized carbons (Fsp3) is 0.316. The van der Waals surface area contributed by atoms with Gasteiger partial charge in [0.2, 0.25) is 5.91 Å². The number of ether oxygens (including phenoxy) is 1. The average Bonchev–Trinajstić information content (AvgIpc) is 2.53. The van der Waals surface area contributed by atoms with E-state index in [-0.39, 0.29) is 12.0 Å². The third-order valence-electron chi connectivity index (χ3n) is 3.33. The zero-order valence-electron chi connectivity index (χ0n) is 14.0. The molecule has 23 heavy (non-hydrogen) atoms. The van der Waals surface area contributed by atoms with Gasteiger partial charge in [-0.2, -0.15) is 0 Å². The van der Waals surface area contributed by atoms with Gasteiger partial charge in [0.15, 0.2) is 0 Å². The summed E-state index contributed by atoms with van der Waals surface area (Å²) in [5.74, 6) is 0.714. The maximum absolute atomic E-state index is 12.3. The Hall–Kier alpha value is -2.49. The van der Waals surface area contributed by atoms with Crippen LogP contribution in [0.15, 0.2) is 54.6 Å². The molecule has 0 bridgehead atoms. The minimum atomic E-state index is -0.0441. The van der Waals surface area contributed by atoms with Gasteiger partial charge in [0.05, 0.1) is 12.6 Å². The van der Waals surface area contributed by atoms with Gasteiger partial charge in [-0.25, -0.2) is 0 Å². The summed E-state index contributed by atoms with van der Waals surface area (Å²) < 4.78 is 5.65. The summed E-state index contributed by atoms with van der Waals surface area (Å²) in [6.07, 6.45) is 0.106. The molecule has 0 saturated heterocycles. The first-order valence-electron chi connectivity index (χ1n) is 7.95. The molecule has 0 atom stereocenters. The van der Waals surface area contributed by atoms with Gasteiger partial charge in [0.25, 0.3) is 0 Å². The Bertz CT molecular complexity index is 626. The summed E-state index contributed by atoms with van der Waals surface area (Å²) in [5.41, 5.74) is 1.79. The molecule has 4 heteroatoms. The summed E-state index contributed by atoms with van der Waals surface area (Å²) in [5, 5.41) is 2.93. The second-order valence-electron chi connectivity index (χ2n) is 5.59. The van der Waals surface area contributed by atoms with E-state index in [4.69, 9.17) is 4.74 Å². The molecule has 1 N–H and O–H groups in total. The lowest BCUT2D eigenvalue weighted by molar-refractivity contribution is -0.115. The topological polar surface area (TPSA) is 41.6 Å². The highest BCUT2D eigenvalue weighted by Crippen LogP contribution is 2.19. The van der Waals surface area contributed by atoms with Gasteiger partial charge >= 0.3 is 0 Å². The number of para-hydroxylation sites is 1. The van der Waals surface area contributed by atoms with Crippen molar-refractivity contribution in [3.63, 3.8) is 0 Å². The van der Waals surface area contributed by atoms with E-state index in [0.29, 0.717) is 6.54 Å². The average molecular weight is 312 g/mol. The van der Waals surface area contributed by atoms with Crippen LogP contribution in [0, 0.1) is 0 Å². The number of carbonyl (C=O) groups is 1. The quantitative estimate of drug-likeness (QED) is 0.842. The molecule has 2 aromatic rings. The van der Waals surface area contributed by atoms with Crippen molar-refractivity contribution < 1.29 is 9.53 Å². The van der Waals surface area contributed by atoms with Crippen LogP contribution in [0.4, 0.5) is 11.4 Å². The Kier molecular flexibility index (Phi) is 6.03. The van der Waals surface area contributed by atoms with Crippen LogP contribution in [-0.4, -0.2) is 25.1 Å². The monoisotopic (exact) mass is 312 g/mol. The molecule has 0 saturated carbocycles. The van der Waals surface area contributed by atoms with E-state index in [1.54, 1.807) is 0 Å². The maximum atomic E-state index is 12.3. The highest BCUT2D eigenvalue weighted by molar-refractivity contribution is 5.94. The molecule has 0 radical (unpaired) electrons. The van der Waals surface area contributed by atoms with Gasteiger partial charge in [0.1, 0.15) is 5.75 Å². The highest BCUT2D eigenvalue weighted by Gasteiger charge is 2.10. The van der Waals surface area contributed by atoms with Crippen molar-refractivity contribution in [1.29, 1.82) is 0 Å². The number of hydrogen-bond acceptors (Lipinski definition) is 3. The van der Waals surface area contributed by atoms with Crippen LogP contribution in [0.3, 0.4) is 0 Å². The third-order valence-corrected chi connectivity index (χ3v) is 3.33. The van der Waals surface area contributed by atoms with Crippen LogP contribution in [0.5, 0.6) is 5.75 Å². The SMILES string of the molecule is CCN(CC(=O)Nc1cccc(OC(C)C)c1)c1ccccc1. The Morgan fingerprint density at radius 1 is 1.13 bits per heavy atom. The number of nitrogens with zero attached hydrogens (tertiary/aromatic N) is 1. The van der Waals surface area contributed by atoms with Crippen molar-refractivity contribution in [2.75, 3.05) is 23.3 Å². The number of anilines is 2. The highest BCUT2D eigenvalue weighted by atomic mass is 16.5. The lowest BCUT2D eigenvalue weighted by Gasteiger charge is -2.22. The third kappa shape index (κ3) is 5.33. The van der Waals surface area contributed by atoms with Crippen molar-refractivity contribution in [3.05, 3.63) is 54.6 Å². The molecule has 0 aliphatic heterocycles. The molecule has 0 heterocycles. The van der Waals surface area contributed by atoms with Gasteiger partial charge in [0, 0.05) is 24.0 Å². The van der Waals surface area contributed by atoms with E-state index in [1.165, 1.54) is 0 Å². The Morgan fingerprint density at radius 2 is 1.87 bits per heavy atom.